The van der Waals surface area contributed by atoms with Crippen molar-refractivity contribution in [3.05, 3.63) is 23.8 Å². The van der Waals surface area contributed by atoms with Gasteiger partial charge in [-0.05, 0) is 31.0 Å². The first kappa shape index (κ1) is 12.9. The number of carbonyl (C=O) groups is 1. The molecule has 0 aromatic heterocycles. The highest BCUT2D eigenvalue weighted by atomic mass is 16.7. The van der Waals surface area contributed by atoms with Crippen LogP contribution in [0, 0.1) is 11.3 Å². The van der Waals surface area contributed by atoms with Gasteiger partial charge in [0, 0.05) is 24.6 Å². The molecule has 0 bridgehead atoms. The molecule has 0 saturated heterocycles. The molecular weight excluding hydrogens is 256 g/mol. The van der Waals surface area contributed by atoms with Crippen molar-refractivity contribution in [1.82, 2.24) is 4.90 Å². The maximum absolute atomic E-state index is 12.3. The summed E-state index contributed by atoms with van der Waals surface area (Å²) in [5.41, 5.74) is 0.636. The van der Waals surface area contributed by atoms with Gasteiger partial charge in [-0.25, -0.2) is 0 Å². The normalized spacial score (nSPS) is 16.2. The van der Waals surface area contributed by atoms with Crippen LogP contribution in [0.2, 0.25) is 0 Å². The second-order valence-electron chi connectivity index (χ2n) is 5.10. The maximum atomic E-state index is 12.3. The average Bonchev–Trinajstić information content (AvgIpc) is 3.20. The summed E-state index contributed by atoms with van der Waals surface area (Å²) in [6.07, 6.45) is 2.71. The van der Waals surface area contributed by atoms with E-state index < -0.39 is 0 Å². The van der Waals surface area contributed by atoms with Crippen LogP contribution in [-0.4, -0.2) is 36.6 Å². The molecule has 0 spiro atoms. The van der Waals surface area contributed by atoms with E-state index in [-0.39, 0.29) is 12.6 Å². The van der Waals surface area contributed by atoms with Gasteiger partial charge in [0.1, 0.15) is 0 Å². The number of nitriles is 1. The molecule has 1 aliphatic heterocycles. The highest BCUT2D eigenvalue weighted by Gasteiger charge is 2.30. The smallest absolute Gasteiger partial charge is 0.231 e. The molecule has 0 N–H and O–H groups in total. The lowest BCUT2D eigenvalue weighted by atomic mass is 10.1. The lowest BCUT2D eigenvalue weighted by Crippen LogP contribution is -2.32. The highest BCUT2D eigenvalue weighted by molar-refractivity contribution is 5.98. The van der Waals surface area contributed by atoms with Crippen LogP contribution in [0.3, 0.4) is 0 Å². The standard InChI is InChI=1S/C15H16N2O3/c16-6-1-7-17(12-3-4-12)9-13(18)11-2-5-14-15(8-11)20-10-19-14/h2,5,8,12H,1,3-4,7,9-10H2. The van der Waals surface area contributed by atoms with Gasteiger partial charge in [0.25, 0.3) is 0 Å². The van der Waals surface area contributed by atoms with Gasteiger partial charge in [-0.2, -0.15) is 5.26 Å². The molecule has 0 atom stereocenters. The van der Waals surface area contributed by atoms with Gasteiger partial charge in [-0.3, -0.25) is 9.69 Å². The Morgan fingerprint density at radius 3 is 2.90 bits per heavy atom. The van der Waals surface area contributed by atoms with Crippen LogP contribution >= 0.6 is 0 Å². The Morgan fingerprint density at radius 2 is 2.15 bits per heavy atom. The number of ketones is 1. The number of nitrogens with zero attached hydrogens (tertiary/aromatic N) is 2. The first-order valence-corrected chi connectivity index (χ1v) is 6.82. The molecule has 0 amide bonds. The largest absolute Gasteiger partial charge is 0.454 e. The zero-order chi connectivity index (χ0) is 13.9. The molecule has 1 aliphatic carbocycles. The monoisotopic (exact) mass is 272 g/mol. The fourth-order valence-electron chi connectivity index (χ4n) is 2.37. The molecule has 2 aliphatic rings. The van der Waals surface area contributed by atoms with Crippen LogP contribution in [0.4, 0.5) is 0 Å². The van der Waals surface area contributed by atoms with Crippen LogP contribution in [0.15, 0.2) is 18.2 Å². The number of Topliss-reactive ketones (excluding diaryl/α,β-unsaturated/α-hetero) is 1. The molecule has 0 radical (unpaired) electrons. The van der Waals surface area contributed by atoms with Crippen LogP contribution in [0.25, 0.3) is 0 Å². The molecular formula is C15H16N2O3. The van der Waals surface area contributed by atoms with Gasteiger partial charge in [0.2, 0.25) is 6.79 Å². The number of hydrogen-bond donors (Lipinski definition) is 0. The van der Waals surface area contributed by atoms with Crippen molar-refractivity contribution in [2.75, 3.05) is 19.9 Å². The third kappa shape index (κ3) is 2.75. The Labute approximate surface area is 117 Å². The second kappa shape index (κ2) is 5.51. The van der Waals surface area contributed by atoms with Crippen molar-refractivity contribution in [3.63, 3.8) is 0 Å². The SMILES string of the molecule is N#CCCN(CC(=O)c1ccc2c(c1)OCO2)C1CC1. The number of rotatable bonds is 6. The fourth-order valence-corrected chi connectivity index (χ4v) is 2.37. The molecule has 3 rings (SSSR count). The Bertz CT molecular complexity index is 561. The minimum Gasteiger partial charge on any atom is -0.454 e. The van der Waals surface area contributed by atoms with E-state index >= 15 is 0 Å². The fraction of sp³-hybridized carbons (Fsp3) is 0.467. The Hall–Kier alpha value is -2.06. The number of benzene rings is 1. The van der Waals surface area contributed by atoms with Crippen molar-refractivity contribution in [3.8, 4) is 17.6 Å². The molecule has 5 heteroatoms. The molecule has 1 fully saturated rings. The van der Waals surface area contributed by atoms with Crippen LogP contribution in [0.5, 0.6) is 11.5 Å². The second-order valence-corrected chi connectivity index (χ2v) is 5.10. The molecule has 1 saturated carbocycles. The third-order valence-corrected chi connectivity index (χ3v) is 3.62. The first-order chi connectivity index (χ1) is 9.78. The number of hydrogen-bond acceptors (Lipinski definition) is 5. The molecule has 1 heterocycles. The van der Waals surface area contributed by atoms with E-state index in [1.54, 1.807) is 18.2 Å². The Kier molecular flexibility index (Phi) is 3.57. The average molecular weight is 272 g/mol. The van der Waals surface area contributed by atoms with Crippen molar-refractivity contribution in [2.45, 2.75) is 25.3 Å². The van der Waals surface area contributed by atoms with Gasteiger partial charge < -0.3 is 9.47 Å². The predicted molar refractivity (Wildman–Crippen MR) is 71.7 cm³/mol. The summed E-state index contributed by atoms with van der Waals surface area (Å²) in [5, 5.41) is 8.68. The molecule has 5 nitrogen and oxygen atoms in total. The summed E-state index contributed by atoms with van der Waals surface area (Å²) in [7, 11) is 0. The molecule has 0 unspecified atom stereocenters. The van der Waals surface area contributed by atoms with E-state index in [9.17, 15) is 4.79 Å². The topological polar surface area (TPSA) is 62.6 Å². The van der Waals surface area contributed by atoms with Crippen molar-refractivity contribution < 1.29 is 14.3 Å². The van der Waals surface area contributed by atoms with Crippen molar-refractivity contribution >= 4 is 5.78 Å². The zero-order valence-electron chi connectivity index (χ0n) is 11.2. The summed E-state index contributed by atoms with van der Waals surface area (Å²) >= 11 is 0. The predicted octanol–water partition coefficient (Wildman–Crippen LogP) is 1.98. The van der Waals surface area contributed by atoms with Crippen LogP contribution in [0.1, 0.15) is 29.6 Å². The summed E-state index contributed by atoms with van der Waals surface area (Å²) in [6, 6.07) is 7.89. The summed E-state index contributed by atoms with van der Waals surface area (Å²) < 4.78 is 10.5. The molecule has 20 heavy (non-hydrogen) atoms. The third-order valence-electron chi connectivity index (χ3n) is 3.62. The van der Waals surface area contributed by atoms with E-state index in [0.29, 0.717) is 42.6 Å². The lowest BCUT2D eigenvalue weighted by molar-refractivity contribution is 0.0926. The Morgan fingerprint density at radius 1 is 1.35 bits per heavy atom. The number of ether oxygens (including phenoxy) is 2. The van der Waals surface area contributed by atoms with Gasteiger partial charge in [-0.15, -0.1) is 0 Å². The van der Waals surface area contributed by atoms with E-state index in [0.717, 1.165) is 12.8 Å². The van der Waals surface area contributed by atoms with Gasteiger partial charge in [-0.1, -0.05) is 0 Å². The van der Waals surface area contributed by atoms with E-state index in [1.165, 1.54) is 0 Å². The van der Waals surface area contributed by atoms with Crippen LogP contribution in [-0.2, 0) is 0 Å². The maximum Gasteiger partial charge on any atom is 0.231 e. The highest BCUT2D eigenvalue weighted by Crippen LogP contribution is 2.33. The van der Waals surface area contributed by atoms with E-state index in [4.69, 9.17) is 14.7 Å². The van der Waals surface area contributed by atoms with Crippen molar-refractivity contribution in [1.29, 1.82) is 5.26 Å². The zero-order valence-corrected chi connectivity index (χ0v) is 11.2. The van der Waals surface area contributed by atoms with E-state index in [1.807, 2.05) is 0 Å². The lowest BCUT2D eigenvalue weighted by Gasteiger charge is -2.19. The summed E-state index contributed by atoms with van der Waals surface area (Å²) in [5.74, 6) is 1.38. The summed E-state index contributed by atoms with van der Waals surface area (Å²) in [6.45, 7) is 1.24. The summed E-state index contributed by atoms with van der Waals surface area (Å²) in [4.78, 5) is 14.4. The number of fused-ring (bicyclic) bond motifs is 1. The van der Waals surface area contributed by atoms with E-state index in [2.05, 4.69) is 11.0 Å². The molecule has 1 aromatic carbocycles. The van der Waals surface area contributed by atoms with Crippen LogP contribution < -0.4 is 9.47 Å². The minimum atomic E-state index is 0.0631. The Balaban J connectivity index is 1.67. The van der Waals surface area contributed by atoms with Gasteiger partial charge in [0.15, 0.2) is 17.3 Å². The number of carbonyl (C=O) groups excluding carboxylic acids is 1. The molecule has 1 aromatic rings. The minimum absolute atomic E-state index is 0.0631. The molecule has 104 valence electrons. The first-order valence-electron chi connectivity index (χ1n) is 6.82. The quantitative estimate of drug-likeness (QED) is 0.741. The van der Waals surface area contributed by atoms with Crippen molar-refractivity contribution in [2.24, 2.45) is 0 Å². The van der Waals surface area contributed by atoms with Gasteiger partial charge in [0.05, 0.1) is 12.6 Å². The van der Waals surface area contributed by atoms with Gasteiger partial charge >= 0.3 is 0 Å².